The molecule has 0 bridgehead atoms. The number of ether oxygens (including phenoxy) is 2. The molecule has 98 valence electrons. The Hall–Kier alpha value is -1.88. The van der Waals surface area contributed by atoms with Gasteiger partial charge in [0.2, 0.25) is 0 Å². The van der Waals surface area contributed by atoms with E-state index in [0.717, 1.165) is 5.56 Å². The van der Waals surface area contributed by atoms with Gasteiger partial charge in [0.05, 0.1) is 5.56 Å². The van der Waals surface area contributed by atoms with Gasteiger partial charge in [-0.25, -0.2) is 9.59 Å². The first kappa shape index (κ1) is 14.2. The zero-order valence-electron chi connectivity index (χ0n) is 10.7. The summed E-state index contributed by atoms with van der Waals surface area (Å²) < 4.78 is 9.43. The monoisotopic (exact) mass is 251 g/mol. The highest BCUT2D eigenvalue weighted by Crippen LogP contribution is 2.10. The molecule has 0 saturated carbocycles. The van der Waals surface area contributed by atoms with Crippen LogP contribution in [0.15, 0.2) is 24.3 Å². The van der Waals surface area contributed by atoms with Crippen molar-refractivity contribution in [2.45, 2.75) is 32.9 Å². The number of benzene rings is 1. The lowest BCUT2D eigenvalue weighted by Gasteiger charge is -2.18. The average molecular weight is 251 g/mol. The molecule has 0 aliphatic rings. The Balaban J connectivity index is 2.62. The fourth-order valence-corrected chi connectivity index (χ4v) is 1.18. The molecule has 0 aliphatic carbocycles. The summed E-state index contributed by atoms with van der Waals surface area (Å²) in [5, 5.41) is 0. The fraction of sp³-hybridized carbons (Fsp3) is 0.385. The van der Waals surface area contributed by atoms with E-state index in [9.17, 15) is 9.59 Å². The average Bonchev–Trinajstić information content (AvgIpc) is 2.26. The second-order valence-corrected chi connectivity index (χ2v) is 4.76. The van der Waals surface area contributed by atoms with E-state index in [1.165, 1.54) is 0 Å². The third-order valence-corrected chi connectivity index (χ3v) is 1.99. The largest absolute Gasteiger partial charge is 0.516 e. The van der Waals surface area contributed by atoms with Crippen molar-refractivity contribution in [2.24, 2.45) is 5.73 Å². The second-order valence-electron chi connectivity index (χ2n) is 4.76. The van der Waals surface area contributed by atoms with Gasteiger partial charge in [-0.15, -0.1) is 0 Å². The summed E-state index contributed by atoms with van der Waals surface area (Å²) in [5.74, 6) is -0.743. The van der Waals surface area contributed by atoms with E-state index < -0.39 is 17.7 Å². The molecule has 0 atom stereocenters. The second kappa shape index (κ2) is 5.64. The first-order valence-electron chi connectivity index (χ1n) is 5.56. The summed E-state index contributed by atoms with van der Waals surface area (Å²) >= 11 is 0. The first-order chi connectivity index (χ1) is 8.31. The Kier molecular flexibility index (Phi) is 4.44. The van der Waals surface area contributed by atoms with Crippen molar-refractivity contribution in [3.05, 3.63) is 35.4 Å². The molecular weight excluding hydrogens is 234 g/mol. The van der Waals surface area contributed by atoms with Crippen molar-refractivity contribution >= 4 is 12.1 Å². The molecule has 18 heavy (non-hydrogen) atoms. The molecule has 0 heterocycles. The van der Waals surface area contributed by atoms with E-state index in [0.29, 0.717) is 6.54 Å². The highest BCUT2D eigenvalue weighted by Gasteiger charge is 2.20. The Labute approximate surface area is 106 Å². The topological polar surface area (TPSA) is 78.6 Å². The van der Waals surface area contributed by atoms with Gasteiger partial charge in [-0.05, 0) is 38.5 Å². The predicted molar refractivity (Wildman–Crippen MR) is 66.0 cm³/mol. The lowest BCUT2D eigenvalue weighted by molar-refractivity contribution is -0.00154. The van der Waals surface area contributed by atoms with E-state index >= 15 is 0 Å². The van der Waals surface area contributed by atoms with Crippen molar-refractivity contribution in [3.63, 3.8) is 0 Å². The molecule has 0 aliphatic heterocycles. The van der Waals surface area contributed by atoms with Gasteiger partial charge in [-0.1, -0.05) is 12.1 Å². The molecular formula is C13H17NO4. The van der Waals surface area contributed by atoms with Gasteiger partial charge in [-0.3, -0.25) is 0 Å². The third-order valence-electron chi connectivity index (χ3n) is 1.99. The minimum absolute atomic E-state index is 0.276. The summed E-state index contributed by atoms with van der Waals surface area (Å²) in [7, 11) is 0. The van der Waals surface area contributed by atoms with Crippen molar-refractivity contribution in [1.29, 1.82) is 0 Å². The third kappa shape index (κ3) is 4.55. The van der Waals surface area contributed by atoms with Gasteiger partial charge >= 0.3 is 12.1 Å². The molecule has 1 aromatic rings. The number of carbonyl (C=O) groups excluding carboxylic acids is 2. The lowest BCUT2D eigenvalue weighted by Crippen LogP contribution is -2.26. The van der Waals surface area contributed by atoms with Gasteiger partial charge in [0.15, 0.2) is 0 Å². The molecule has 1 rings (SSSR count). The van der Waals surface area contributed by atoms with E-state index in [1.807, 2.05) is 0 Å². The van der Waals surface area contributed by atoms with Gasteiger partial charge in [0, 0.05) is 6.54 Å². The Morgan fingerprint density at radius 3 is 2.17 bits per heavy atom. The first-order valence-corrected chi connectivity index (χ1v) is 5.56. The van der Waals surface area contributed by atoms with Gasteiger partial charge in [0.25, 0.3) is 0 Å². The highest BCUT2D eigenvalue weighted by molar-refractivity contribution is 5.95. The van der Waals surface area contributed by atoms with Gasteiger partial charge in [-0.2, -0.15) is 0 Å². The summed E-state index contributed by atoms with van der Waals surface area (Å²) in [5.41, 5.74) is 5.91. The number of hydrogen-bond acceptors (Lipinski definition) is 5. The number of nitrogens with two attached hydrogens (primary N) is 1. The molecule has 0 fully saturated rings. The standard InChI is InChI=1S/C13H17NO4/c1-13(2,3)18-12(16)17-11(15)10-6-4-9(8-14)5-7-10/h4-7H,8,14H2,1-3H3. The van der Waals surface area contributed by atoms with Crippen molar-refractivity contribution < 1.29 is 19.1 Å². The molecule has 0 aromatic heterocycles. The van der Waals surface area contributed by atoms with Crippen LogP contribution in [0.3, 0.4) is 0 Å². The smallest absolute Gasteiger partial charge is 0.428 e. The summed E-state index contributed by atoms with van der Waals surface area (Å²) in [4.78, 5) is 22.9. The quantitative estimate of drug-likeness (QED) is 0.644. The summed E-state index contributed by atoms with van der Waals surface area (Å²) in [6, 6.07) is 6.50. The number of hydrogen-bond donors (Lipinski definition) is 1. The Bertz CT molecular complexity index is 431. The van der Waals surface area contributed by atoms with E-state index in [-0.39, 0.29) is 5.56 Å². The zero-order chi connectivity index (χ0) is 13.8. The molecule has 0 spiro atoms. The van der Waals surface area contributed by atoms with Crippen LogP contribution in [0, 0.1) is 0 Å². The Morgan fingerprint density at radius 1 is 1.17 bits per heavy atom. The fourth-order valence-electron chi connectivity index (χ4n) is 1.18. The van der Waals surface area contributed by atoms with Gasteiger partial charge in [0.1, 0.15) is 5.60 Å². The molecule has 0 radical (unpaired) electrons. The maximum atomic E-state index is 11.6. The minimum Gasteiger partial charge on any atom is -0.428 e. The molecule has 5 heteroatoms. The molecule has 5 nitrogen and oxygen atoms in total. The van der Waals surface area contributed by atoms with Crippen LogP contribution in [0.25, 0.3) is 0 Å². The van der Waals surface area contributed by atoms with E-state index in [2.05, 4.69) is 4.74 Å². The van der Waals surface area contributed by atoms with Crippen LogP contribution >= 0.6 is 0 Å². The van der Waals surface area contributed by atoms with Crippen LogP contribution in [-0.4, -0.2) is 17.7 Å². The van der Waals surface area contributed by atoms with Crippen LogP contribution in [-0.2, 0) is 16.0 Å². The number of carbonyl (C=O) groups is 2. The number of rotatable bonds is 2. The highest BCUT2D eigenvalue weighted by atomic mass is 16.7. The zero-order valence-corrected chi connectivity index (χ0v) is 10.7. The molecule has 0 saturated heterocycles. The Morgan fingerprint density at radius 2 is 1.72 bits per heavy atom. The molecule has 1 aromatic carbocycles. The maximum Gasteiger partial charge on any atom is 0.516 e. The van der Waals surface area contributed by atoms with Gasteiger partial charge < -0.3 is 15.2 Å². The predicted octanol–water partition coefficient (Wildman–Crippen LogP) is 2.24. The molecule has 0 unspecified atom stereocenters. The van der Waals surface area contributed by atoms with Crippen LogP contribution in [0.5, 0.6) is 0 Å². The number of esters is 1. The van der Waals surface area contributed by atoms with Crippen LogP contribution < -0.4 is 5.73 Å². The molecule has 0 amide bonds. The van der Waals surface area contributed by atoms with Crippen LogP contribution in [0.2, 0.25) is 0 Å². The SMILES string of the molecule is CC(C)(C)OC(=O)OC(=O)c1ccc(CN)cc1. The summed E-state index contributed by atoms with van der Waals surface area (Å²) in [6.07, 6.45) is -1.00. The van der Waals surface area contributed by atoms with Crippen LogP contribution in [0.4, 0.5) is 4.79 Å². The molecule has 2 N–H and O–H groups in total. The van der Waals surface area contributed by atoms with Crippen molar-refractivity contribution in [3.8, 4) is 0 Å². The minimum atomic E-state index is -1.00. The van der Waals surface area contributed by atoms with Crippen molar-refractivity contribution in [1.82, 2.24) is 0 Å². The maximum absolute atomic E-state index is 11.6. The van der Waals surface area contributed by atoms with E-state index in [1.54, 1.807) is 45.0 Å². The summed E-state index contributed by atoms with van der Waals surface area (Å²) in [6.45, 7) is 5.46. The van der Waals surface area contributed by atoms with E-state index in [4.69, 9.17) is 10.5 Å². The van der Waals surface area contributed by atoms with Crippen molar-refractivity contribution in [2.75, 3.05) is 0 Å². The lowest BCUT2D eigenvalue weighted by atomic mass is 10.1. The normalized spacial score (nSPS) is 10.9. The van der Waals surface area contributed by atoms with Crippen LogP contribution in [0.1, 0.15) is 36.7 Å².